The maximum Gasteiger partial charge on any atom is 0.274 e. The molecule has 1 aromatic heterocycles. The van der Waals surface area contributed by atoms with E-state index >= 15 is 0 Å². The van der Waals surface area contributed by atoms with E-state index in [0.717, 1.165) is 44.1 Å². The first-order valence-corrected chi connectivity index (χ1v) is 8.34. The second-order valence-electron chi connectivity index (χ2n) is 7.38. The van der Waals surface area contributed by atoms with Crippen LogP contribution in [0.25, 0.3) is 0 Å². The van der Waals surface area contributed by atoms with Crippen LogP contribution in [0.2, 0.25) is 0 Å². The van der Waals surface area contributed by atoms with Crippen molar-refractivity contribution in [2.75, 3.05) is 26.7 Å². The summed E-state index contributed by atoms with van der Waals surface area (Å²) in [7, 11) is 1.99. The third kappa shape index (κ3) is 4.95. The SMILES string of the molecule is CNCCC1CCN(C(=O)c2cc(C)n(C(C)(C)C)n2)CC1.Cl. The van der Waals surface area contributed by atoms with Crippen LogP contribution < -0.4 is 5.32 Å². The summed E-state index contributed by atoms with van der Waals surface area (Å²) >= 11 is 0. The molecule has 1 fully saturated rings. The van der Waals surface area contributed by atoms with Crippen LogP contribution in [-0.4, -0.2) is 47.3 Å². The molecular weight excluding hydrogens is 312 g/mol. The van der Waals surface area contributed by atoms with Crippen molar-refractivity contribution in [3.05, 3.63) is 17.5 Å². The fourth-order valence-corrected chi connectivity index (χ4v) is 3.19. The Bertz CT molecular complexity index is 513. The van der Waals surface area contributed by atoms with Crippen LogP contribution in [-0.2, 0) is 5.54 Å². The van der Waals surface area contributed by atoms with Gasteiger partial charge < -0.3 is 10.2 Å². The topological polar surface area (TPSA) is 50.2 Å². The first-order valence-electron chi connectivity index (χ1n) is 8.34. The summed E-state index contributed by atoms with van der Waals surface area (Å²) in [6.45, 7) is 11.1. The zero-order valence-electron chi connectivity index (χ0n) is 15.1. The molecule has 1 amide bonds. The number of aromatic nitrogens is 2. The summed E-state index contributed by atoms with van der Waals surface area (Å²) in [6.07, 6.45) is 3.41. The number of nitrogens with zero attached hydrogens (tertiary/aromatic N) is 3. The quantitative estimate of drug-likeness (QED) is 0.915. The molecule has 0 aliphatic carbocycles. The normalized spacial score (nSPS) is 16.3. The van der Waals surface area contributed by atoms with Crippen molar-refractivity contribution in [2.24, 2.45) is 5.92 Å². The highest BCUT2D eigenvalue weighted by molar-refractivity contribution is 5.92. The van der Waals surface area contributed by atoms with Gasteiger partial charge in [0.15, 0.2) is 5.69 Å². The lowest BCUT2D eigenvalue weighted by Crippen LogP contribution is -2.39. The summed E-state index contributed by atoms with van der Waals surface area (Å²) in [6, 6.07) is 1.92. The molecule has 23 heavy (non-hydrogen) atoms. The Morgan fingerprint density at radius 3 is 2.43 bits per heavy atom. The number of nitrogens with one attached hydrogen (secondary N) is 1. The maximum absolute atomic E-state index is 12.7. The first kappa shape index (κ1) is 20.0. The molecule has 2 rings (SSSR count). The van der Waals surface area contributed by atoms with E-state index in [-0.39, 0.29) is 23.9 Å². The molecule has 0 saturated carbocycles. The Morgan fingerprint density at radius 1 is 1.35 bits per heavy atom. The van der Waals surface area contributed by atoms with E-state index < -0.39 is 0 Å². The zero-order valence-corrected chi connectivity index (χ0v) is 15.9. The highest BCUT2D eigenvalue weighted by Crippen LogP contribution is 2.22. The Hall–Kier alpha value is -1.07. The minimum Gasteiger partial charge on any atom is -0.337 e. The molecule has 0 aromatic carbocycles. The van der Waals surface area contributed by atoms with Crippen molar-refractivity contribution >= 4 is 18.3 Å². The van der Waals surface area contributed by atoms with Gasteiger partial charge in [-0.2, -0.15) is 5.10 Å². The van der Waals surface area contributed by atoms with Crippen LogP contribution in [0.5, 0.6) is 0 Å². The van der Waals surface area contributed by atoms with Gasteiger partial charge in [0.25, 0.3) is 5.91 Å². The Labute approximate surface area is 146 Å². The predicted octanol–water partition coefficient (Wildman–Crippen LogP) is 2.83. The largest absolute Gasteiger partial charge is 0.337 e. The number of piperidine rings is 1. The van der Waals surface area contributed by atoms with E-state index in [1.807, 2.05) is 29.6 Å². The fraction of sp³-hybridized carbons (Fsp3) is 0.765. The third-order valence-corrected chi connectivity index (χ3v) is 4.45. The Morgan fingerprint density at radius 2 is 1.96 bits per heavy atom. The summed E-state index contributed by atoms with van der Waals surface area (Å²) in [4.78, 5) is 14.6. The van der Waals surface area contributed by atoms with Gasteiger partial charge in [0, 0.05) is 18.8 Å². The molecule has 1 N–H and O–H groups in total. The molecule has 0 atom stereocenters. The molecule has 6 heteroatoms. The summed E-state index contributed by atoms with van der Waals surface area (Å²) in [5, 5.41) is 7.74. The lowest BCUT2D eigenvalue weighted by molar-refractivity contribution is 0.0679. The number of amides is 1. The molecule has 0 bridgehead atoms. The summed E-state index contributed by atoms with van der Waals surface area (Å²) in [5.74, 6) is 0.823. The van der Waals surface area contributed by atoms with Crippen molar-refractivity contribution in [1.29, 1.82) is 0 Å². The van der Waals surface area contributed by atoms with Gasteiger partial charge >= 0.3 is 0 Å². The van der Waals surface area contributed by atoms with Gasteiger partial charge in [0.1, 0.15) is 0 Å². The number of aryl methyl sites for hydroxylation is 1. The third-order valence-electron chi connectivity index (χ3n) is 4.45. The molecule has 0 unspecified atom stereocenters. The molecule has 0 spiro atoms. The summed E-state index contributed by atoms with van der Waals surface area (Å²) in [5.41, 5.74) is 1.53. The van der Waals surface area contributed by atoms with Gasteiger partial charge in [0.2, 0.25) is 0 Å². The summed E-state index contributed by atoms with van der Waals surface area (Å²) < 4.78 is 1.94. The second kappa shape index (κ2) is 8.15. The molecule has 1 aliphatic rings. The van der Waals surface area contributed by atoms with Crippen molar-refractivity contribution in [2.45, 2.75) is 52.5 Å². The molecule has 132 valence electrons. The van der Waals surface area contributed by atoms with Gasteiger partial charge in [-0.05, 0) is 72.5 Å². The van der Waals surface area contributed by atoms with Crippen LogP contribution in [0.4, 0.5) is 0 Å². The molecule has 0 radical (unpaired) electrons. The first-order chi connectivity index (χ1) is 10.3. The van der Waals surface area contributed by atoms with Crippen molar-refractivity contribution < 1.29 is 4.79 Å². The Balaban J connectivity index is 0.00000264. The van der Waals surface area contributed by atoms with E-state index in [1.54, 1.807) is 0 Å². The second-order valence-corrected chi connectivity index (χ2v) is 7.38. The molecule has 1 aliphatic heterocycles. The number of rotatable bonds is 4. The zero-order chi connectivity index (χ0) is 16.3. The Kier molecular flexibility index (Phi) is 7.08. The molecule has 2 heterocycles. The predicted molar refractivity (Wildman–Crippen MR) is 96.4 cm³/mol. The van der Waals surface area contributed by atoms with E-state index in [0.29, 0.717) is 5.69 Å². The average Bonchev–Trinajstić information content (AvgIpc) is 2.87. The number of likely N-dealkylation sites (tertiary alicyclic amines) is 1. The smallest absolute Gasteiger partial charge is 0.274 e. The lowest BCUT2D eigenvalue weighted by atomic mass is 9.93. The van der Waals surface area contributed by atoms with Crippen LogP contribution >= 0.6 is 12.4 Å². The van der Waals surface area contributed by atoms with E-state index in [9.17, 15) is 4.79 Å². The van der Waals surface area contributed by atoms with Crippen molar-refractivity contribution in [3.8, 4) is 0 Å². The minimum atomic E-state index is -0.0945. The van der Waals surface area contributed by atoms with Gasteiger partial charge in [-0.15, -0.1) is 12.4 Å². The average molecular weight is 343 g/mol. The van der Waals surface area contributed by atoms with E-state index in [2.05, 4.69) is 31.2 Å². The van der Waals surface area contributed by atoms with Crippen LogP contribution in [0, 0.1) is 12.8 Å². The fourth-order valence-electron chi connectivity index (χ4n) is 3.19. The van der Waals surface area contributed by atoms with Crippen LogP contribution in [0.15, 0.2) is 6.07 Å². The number of carbonyl (C=O) groups excluding carboxylic acids is 1. The van der Waals surface area contributed by atoms with Crippen molar-refractivity contribution in [1.82, 2.24) is 20.0 Å². The lowest BCUT2D eigenvalue weighted by Gasteiger charge is -2.31. The van der Waals surface area contributed by atoms with Crippen LogP contribution in [0.1, 0.15) is 56.2 Å². The molecule has 5 nitrogen and oxygen atoms in total. The highest BCUT2D eigenvalue weighted by Gasteiger charge is 2.26. The van der Waals surface area contributed by atoms with Crippen LogP contribution in [0.3, 0.4) is 0 Å². The van der Waals surface area contributed by atoms with Gasteiger partial charge in [-0.25, -0.2) is 0 Å². The number of hydrogen-bond acceptors (Lipinski definition) is 3. The molecule has 1 saturated heterocycles. The standard InChI is InChI=1S/C17H30N4O.ClH/c1-13-12-15(19-21(13)17(2,3)4)16(22)20-10-7-14(8-11-20)6-9-18-5;/h12,14,18H,6-11H2,1-5H3;1H. The minimum absolute atomic E-state index is 0. The highest BCUT2D eigenvalue weighted by atomic mass is 35.5. The molecule has 1 aromatic rings. The number of hydrogen-bond donors (Lipinski definition) is 1. The van der Waals surface area contributed by atoms with E-state index in [1.165, 1.54) is 6.42 Å². The number of halogens is 1. The monoisotopic (exact) mass is 342 g/mol. The molecular formula is C17H31ClN4O. The number of carbonyl (C=O) groups is 1. The van der Waals surface area contributed by atoms with Gasteiger partial charge in [-0.1, -0.05) is 0 Å². The van der Waals surface area contributed by atoms with E-state index in [4.69, 9.17) is 0 Å². The maximum atomic E-state index is 12.7. The van der Waals surface area contributed by atoms with Gasteiger partial charge in [-0.3, -0.25) is 9.48 Å². The van der Waals surface area contributed by atoms with Crippen molar-refractivity contribution in [3.63, 3.8) is 0 Å². The van der Waals surface area contributed by atoms with Gasteiger partial charge in [0.05, 0.1) is 5.54 Å².